The monoisotopic (exact) mass is 573 g/mol. The number of hydrogen-bond acceptors (Lipinski definition) is 11. The van der Waals surface area contributed by atoms with Crippen LogP contribution in [0.2, 0.25) is 0 Å². The van der Waals surface area contributed by atoms with Crippen LogP contribution in [-0.4, -0.2) is 79.9 Å². The summed E-state index contributed by atoms with van der Waals surface area (Å²) in [6.07, 6.45) is -2.34. The second kappa shape index (κ2) is 10.2. The number of fused-ring (bicyclic) bond motifs is 3. The predicted molar refractivity (Wildman–Crippen MR) is 140 cm³/mol. The number of anilines is 1. The Morgan fingerprint density at radius 2 is 1.78 bits per heavy atom. The van der Waals surface area contributed by atoms with Gasteiger partial charge in [0.15, 0.2) is 11.4 Å². The molecule has 41 heavy (non-hydrogen) atoms. The number of carbonyl (C=O) groups excluding carboxylic acids is 5. The molecule has 0 heterocycles. The Labute approximate surface area is 233 Å². The smallest absolute Gasteiger partial charge is 0.328 e. The first-order valence-corrected chi connectivity index (χ1v) is 12.8. The minimum Gasteiger partial charge on any atom is -0.508 e. The van der Waals surface area contributed by atoms with Crippen LogP contribution in [0.4, 0.5) is 10.5 Å². The Morgan fingerprint density at radius 1 is 1.15 bits per heavy atom. The van der Waals surface area contributed by atoms with E-state index in [1.165, 1.54) is 12.1 Å². The third kappa shape index (κ3) is 4.30. The van der Waals surface area contributed by atoms with Crippen molar-refractivity contribution < 1.29 is 54.2 Å². The van der Waals surface area contributed by atoms with Crippen molar-refractivity contribution in [1.82, 2.24) is 5.32 Å². The number of amides is 3. The van der Waals surface area contributed by atoms with Gasteiger partial charge in [-0.25, -0.2) is 9.59 Å². The summed E-state index contributed by atoms with van der Waals surface area (Å²) in [5, 5.41) is 60.5. The average molecular weight is 574 g/mol. The minimum atomic E-state index is -2.96. The Balaban J connectivity index is 1.80. The number of nitrogens with one attached hydrogen (secondary N) is 2. The zero-order valence-corrected chi connectivity index (χ0v) is 22.6. The summed E-state index contributed by atoms with van der Waals surface area (Å²) in [7, 11) is 1.16. The first-order chi connectivity index (χ1) is 19.1. The van der Waals surface area contributed by atoms with E-state index in [1.807, 2.05) is 0 Å². The van der Waals surface area contributed by atoms with Gasteiger partial charge in [0.05, 0.1) is 24.5 Å². The summed E-state index contributed by atoms with van der Waals surface area (Å²) in [6, 6.07) is 0.853. The van der Waals surface area contributed by atoms with Gasteiger partial charge in [-0.2, -0.15) is 0 Å². The molecule has 3 aliphatic carbocycles. The number of urea groups is 1. The van der Waals surface area contributed by atoms with E-state index in [9.17, 15) is 49.5 Å². The maximum absolute atomic E-state index is 13.7. The van der Waals surface area contributed by atoms with Crippen molar-refractivity contribution in [3.05, 3.63) is 40.2 Å². The van der Waals surface area contributed by atoms with E-state index in [4.69, 9.17) is 5.73 Å². The summed E-state index contributed by atoms with van der Waals surface area (Å²) in [4.78, 5) is 62.7. The molecule has 14 nitrogen and oxygen atoms in total. The number of carbonyl (C=O) groups is 5. The topological polar surface area (TPSA) is 246 Å². The molecule has 3 amide bonds. The van der Waals surface area contributed by atoms with Gasteiger partial charge in [-0.1, -0.05) is 26.8 Å². The number of aliphatic hydroxyl groups excluding tert-OH is 3. The SMILES string of the molecule is COC(=O)C(NC(=O)Nc1ccc2c(c1O)C(O)=C1C(=O)[C@]3(O)C(O)=C(C(N)=O)C(=O)C[C@@H]3[C@@H](O)[C@@H]1[C@H]2C)C(C)C. The number of aliphatic hydroxyl groups is 4. The molecular formula is C27H31N3O11. The predicted octanol–water partition coefficient (Wildman–Crippen LogP) is 0.275. The number of Topliss-reactive ketones (excluding diaryl/α,β-unsaturated/α-hetero) is 2. The fourth-order valence-electron chi connectivity index (χ4n) is 6.02. The summed E-state index contributed by atoms with van der Waals surface area (Å²) in [5.41, 5.74) is 0.447. The Kier molecular flexibility index (Phi) is 7.35. The highest BCUT2D eigenvalue weighted by atomic mass is 16.5. The number of aromatic hydroxyl groups is 1. The Morgan fingerprint density at radius 3 is 2.34 bits per heavy atom. The number of ketones is 2. The van der Waals surface area contributed by atoms with Gasteiger partial charge >= 0.3 is 12.0 Å². The lowest BCUT2D eigenvalue weighted by Gasteiger charge is -2.50. The summed E-state index contributed by atoms with van der Waals surface area (Å²) >= 11 is 0. The number of benzene rings is 1. The third-order valence-corrected chi connectivity index (χ3v) is 8.16. The number of rotatable bonds is 5. The van der Waals surface area contributed by atoms with Crippen LogP contribution in [0.25, 0.3) is 5.76 Å². The minimum absolute atomic E-state index is 0.214. The van der Waals surface area contributed by atoms with Gasteiger partial charge in [0.1, 0.15) is 28.9 Å². The highest BCUT2D eigenvalue weighted by Gasteiger charge is 2.64. The van der Waals surface area contributed by atoms with E-state index in [1.54, 1.807) is 20.8 Å². The normalized spacial score (nSPS) is 28.0. The van der Waals surface area contributed by atoms with Crippen LogP contribution < -0.4 is 16.4 Å². The van der Waals surface area contributed by atoms with Crippen LogP contribution >= 0.6 is 0 Å². The highest BCUT2D eigenvalue weighted by molar-refractivity contribution is 6.23. The molecule has 0 radical (unpaired) electrons. The van der Waals surface area contributed by atoms with E-state index in [0.29, 0.717) is 0 Å². The molecule has 1 aromatic rings. The number of phenols is 1. The molecule has 1 fully saturated rings. The van der Waals surface area contributed by atoms with Crippen LogP contribution in [-0.2, 0) is 23.9 Å². The molecule has 0 spiro atoms. The van der Waals surface area contributed by atoms with E-state index in [2.05, 4.69) is 15.4 Å². The molecule has 1 aromatic carbocycles. The molecule has 6 atom stereocenters. The maximum atomic E-state index is 13.7. The van der Waals surface area contributed by atoms with Gasteiger partial charge in [0.2, 0.25) is 5.78 Å². The van der Waals surface area contributed by atoms with Crippen molar-refractivity contribution in [3.63, 3.8) is 0 Å². The van der Waals surface area contributed by atoms with Crippen molar-refractivity contribution in [3.8, 4) is 5.75 Å². The van der Waals surface area contributed by atoms with Crippen LogP contribution in [0.3, 0.4) is 0 Å². The van der Waals surface area contributed by atoms with Crippen LogP contribution in [0.15, 0.2) is 29.0 Å². The van der Waals surface area contributed by atoms with E-state index in [-0.39, 0.29) is 22.7 Å². The van der Waals surface area contributed by atoms with Gasteiger partial charge in [0, 0.05) is 23.8 Å². The van der Waals surface area contributed by atoms with Gasteiger partial charge in [0.25, 0.3) is 5.91 Å². The highest BCUT2D eigenvalue weighted by Crippen LogP contribution is 2.56. The van der Waals surface area contributed by atoms with Gasteiger partial charge in [-0.3, -0.25) is 14.4 Å². The maximum Gasteiger partial charge on any atom is 0.328 e. The number of primary amides is 1. The average Bonchev–Trinajstić information content (AvgIpc) is 2.90. The third-order valence-electron chi connectivity index (χ3n) is 8.16. The molecule has 4 rings (SSSR count). The van der Waals surface area contributed by atoms with Gasteiger partial charge in [-0.05, 0) is 23.5 Å². The number of nitrogens with two attached hydrogens (primary N) is 1. The van der Waals surface area contributed by atoms with E-state index < -0.39 is 99.8 Å². The lowest BCUT2D eigenvalue weighted by Crippen LogP contribution is -2.63. The first-order valence-electron chi connectivity index (χ1n) is 12.8. The lowest BCUT2D eigenvalue weighted by molar-refractivity contribution is -0.160. The molecule has 1 saturated carbocycles. The molecule has 3 aliphatic rings. The summed E-state index contributed by atoms with van der Waals surface area (Å²) in [6.45, 7) is 4.93. The molecular weight excluding hydrogens is 542 g/mol. The van der Waals surface area contributed by atoms with Gasteiger partial charge in [-0.15, -0.1) is 0 Å². The molecule has 9 N–H and O–H groups in total. The molecule has 0 aromatic heterocycles. The van der Waals surface area contributed by atoms with Crippen LogP contribution in [0.1, 0.15) is 44.2 Å². The van der Waals surface area contributed by atoms with Crippen molar-refractivity contribution in [2.75, 3.05) is 12.4 Å². The standard InChI is InChI=1S/C27H31N3O11/c1-8(2)18(25(38)41-4)30-26(39)29-12-6-5-10-9(3)14-17(21(34)15(10)20(12)33)23(36)27(40)11(19(14)32)7-13(31)16(22(27)35)24(28)37/h5-6,8-9,11,14,18-19,32-35,40H,7H2,1-4H3,(H2,28,37)(H2,29,30,39)/t9-,11+,14+,18?,19+,27+/m0/s1. The Bertz CT molecular complexity index is 1450. The number of methoxy groups -OCH3 is 1. The van der Waals surface area contributed by atoms with Crippen molar-refractivity contribution >= 4 is 40.9 Å². The van der Waals surface area contributed by atoms with Crippen molar-refractivity contribution in [1.29, 1.82) is 0 Å². The van der Waals surface area contributed by atoms with E-state index in [0.717, 1.165) is 7.11 Å². The molecule has 0 aliphatic heterocycles. The van der Waals surface area contributed by atoms with Gasteiger partial charge < -0.3 is 46.6 Å². The zero-order valence-electron chi connectivity index (χ0n) is 22.6. The first kappa shape index (κ1) is 29.6. The van der Waals surface area contributed by atoms with Crippen LogP contribution in [0, 0.1) is 17.8 Å². The van der Waals surface area contributed by atoms with Crippen LogP contribution in [0.5, 0.6) is 5.75 Å². The van der Waals surface area contributed by atoms with Crippen molar-refractivity contribution in [2.45, 2.75) is 50.9 Å². The van der Waals surface area contributed by atoms with E-state index >= 15 is 0 Å². The number of esters is 1. The summed E-state index contributed by atoms with van der Waals surface area (Å²) < 4.78 is 4.69. The number of phenolic OH excluding ortho intramolecular Hbond substituents is 1. The second-order valence-electron chi connectivity index (χ2n) is 10.8. The van der Waals surface area contributed by atoms with Crippen molar-refractivity contribution in [2.24, 2.45) is 23.5 Å². The second-order valence-corrected chi connectivity index (χ2v) is 10.8. The Hall–Kier alpha value is -4.43. The summed E-state index contributed by atoms with van der Waals surface area (Å²) in [5.74, 6) is -11.0. The lowest BCUT2D eigenvalue weighted by atomic mass is 9.55. The molecule has 1 unspecified atom stereocenters. The molecule has 0 saturated heterocycles. The zero-order chi connectivity index (χ0) is 30.7. The fourth-order valence-corrected chi connectivity index (χ4v) is 6.02. The molecule has 0 bridgehead atoms. The number of hydrogen-bond donors (Lipinski definition) is 8. The largest absolute Gasteiger partial charge is 0.508 e. The number of ether oxygens (including phenoxy) is 1. The molecule has 14 heteroatoms. The fraction of sp³-hybridized carbons (Fsp3) is 0.444. The molecule has 220 valence electrons. The quantitative estimate of drug-likeness (QED) is 0.135.